The number of Topliss-reactive ketones (excluding diaryl/α,β-unsaturated/α-hetero) is 1. The van der Waals surface area contributed by atoms with Gasteiger partial charge in [-0.15, -0.1) is 0 Å². The number of ketones is 1. The fourth-order valence-corrected chi connectivity index (χ4v) is 6.49. The monoisotopic (exact) mass is 525 g/mol. The van der Waals surface area contributed by atoms with Crippen molar-refractivity contribution in [3.05, 3.63) is 53.1 Å². The third kappa shape index (κ3) is 4.63. The molecule has 2 aliphatic rings. The highest BCUT2D eigenvalue weighted by molar-refractivity contribution is 7.86. The lowest BCUT2D eigenvalue weighted by molar-refractivity contribution is -0.126. The van der Waals surface area contributed by atoms with E-state index in [4.69, 9.17) is 8.71 Å². The van der Waals surface area contributed by atoms with E-state index in [9.17, 15) is 13.2 Å². The van der Waals surface area contributed by atoms with Crippen LogP contribution in [-0.2, 0) is 32.2 Å². The van der Waals surface area contributed by atoms with Crippen molar-refractivity contribution in [2.45, 2.75) is 51.4 Å². The molecular formula is C28H35N3O5S. The van der Waals surface area contributed by atoms with Crippen molar-refractivity contribution in [2.24, 2.45) is 0 Å². The third-order valence-electron chi connectivity index (χ3n) is 7.85. The molecule has 0 spiro atoms. The third-order valence-corrected chi connectivity index (χ3v) is 8.32. The fourth-order valence-electron chi connectivity index (χ4n) is 6.00. The Morgan fingerprint density at radius 2 is 1.70 bits per heavy atom. The molecule has 1 aliphatic carbocycles. The first-order valence-corrected chi connectivity index (χ1v) is 14.6. The second-order valence-electron chi connectivity index (χ2n) is 11.3. The topological polar surface area (TPSA) is 92.9 Å². The van der Waals surface area contributed by atoms with E-state index in [0.29, 0.717) is 17.7 Å². The molecule has 0 unspecified atom stereocenters. The normalized spacial score (nSPS) is 19.4. The predicted octanol–water partition coefficient (Wildman–Crippen LogP) is 4.06. The molecule has 0 atom stereocenters. The van der Waals surface area contributed by atoms with Crippen molar-refractivity contribution in [1.82, 2.24) is 10.1 Å². The lowest BCUT2D eigenvalue weighted by Crippen LogP contribution is -2.46. The number of carbonyl (C=O) groups excluding carboxylic acids is 1. The minimum atomic E-state index is -3.76. The van der Waals surface area contributed by atoms with Crippen LogP contribution in [-0.4, -0.2) is 63.2 Å². The van der Waals surface area contributed by atoms with E-state index in [-0.39, 0.29) is 5.78 Å². The maximum atomic E-state index is 13.2. The molecule has 5 rings (SSSR count). The lowest BCUT2D eigenvalue weighted by Gasteiger charge is -2.34. The van der Waals surface area contributed by atoms with Gasteiger partial charge in [0.25, 0.3) is 0 Å². The van der Waals surface area contributed by atoms with Gasteiger partial charge in [0.2, 0.25) is 5.88 Å². The quantitative estimate of drug-likeness (QED) is 0.427. The summed E-state index contributed by atoms with van der Waals surface area (Å²) in [6.07, 6.45) is 2.57. The number of aryl methyl sites for hydroxylation is 1. The van der Waals surface area contributed by atoms with Gasteiger partial charge in [-0.3, -0.25) is 9.69 Å². The molecule has 37 heavy (non-hydrogen) atoms. The highest BCUT2D eigenvalue weighted by Crippen LogP contribution is 2.51. The Hall–Kier alpha value is -2.91. The number of piperazine rings is 1. The summed E-state index contributed by atoms with van der Waals surface area (Å²) in [6, 6.07) is 11.9. The average molecular weight is 526 g/mol. The number of fused-ring (bicyclic) bond motifs is 2. The standard InChI is InChI=1S/C28H35N3O5S/c1-27(2)21-13-12-19(24(36-37(5,33)34)23(21)28(3,4)26(27)32)9-8-14-30-15-17-31(18-16-30)25-20-10-6-7-11-22(20)29-35-25/h6-7,10-13H,8-9,14-18H2,1-5H3. The first-order valence-electron chi connectivity index (χ1n) is 12.8. The molecule has 0 amide bonds. The van der Waals surface area contributed by atoms with E-state index in [1.807, 2.05) is 64.1 Å². The summed E-state index contributed by atoms with van der Waals surface area (Å²) in [6.45, 7) is 11.9. The molecule has 0 radical (unpaired) electrons. The SMILES string of the molecule is CC1(C)C(=O)C(C)(C)c2c1ccc(CCCN1CCN(c3onc4ccccc34)CC1)c2OS(C)(=O)=O. The summed E-state index contributed by atoms with van der Waals surface area (Å²) in [4.78, 5) is 17.9. The van der Waals surface area contributed by atoms with Crippen molar-refractivity contribution in [3.8, 4) is 5.75 Å². The van der Waals surface area contributed by atoms with Crippen LogP contribution in [0.4, 0.5) is 5.88 Å². The van der Waals surface area contributed by atoms with Gasteiger partial charge in [0.05, 0.1) is 17.1 Å². The number of hydrogen-bond donors (Lipinski definition) is 0. The van der Waals surface area contributed by atoms with Crippen molar-refractivity contribution >= 4 is 32.7 Å². The van der Waals surface area contributed by atoms with Gasteiger partial charge in [0, 0.05) is 37.2 Å². The van der Waals surface area contributed by atoms with E-state index < -0.39 is 20.9 Å². The largest absolute Gasteiger partial charge is 0.382 e. The summed E-state index contributed by atoms with van der Waals surface area (Å²) in [5, 5.41) is 5.21. The Morgan fingerprint density at radius 1 is 1.00 bits per heavy atom. The van der Waals surface area contributed by atoms with Crippen LogP contribution < -0.4 is 9.08 Å². The lowest BCUT2D eigenvalue weighted by atomic mass is 9.80. The zero-order valence-electron chi connectivity index (χ0n) is 22.2. The molecule has 9 heteroatoms. The van der Waals surface area contributed by atoms with E-state index >= 15 is 0 Å². The number of nitrogens with zero attached hydrogens (tertiary/aromatic N) is 3. The van der Waals surface area contributed by atoms with E-state index in [0.717, 1.165) is 73.3 Å². The predicted molar refractivity (Wildman–Crippen MR) is 144 cm³/mol. The van der Waals surface area contributed by atoms with Gasteiger partial charge in [-0.25, -0.2) is 0 Å². The Bertz CT molecular complexity index is 1450. The van der Waals surface area contributed by atoms with E-state index in [1.54, 1.807) is 0 Å². The Labute approximate surface area is 218 Å². The second kappa shape index (κ2) is 9.13. The summed E-state index contributed by atoms with van der Waals surface area (Å²) >= 11 is 0. The molecule has 3 aromatic rings. The highest BCUT2D eigenvalue weighted by Gasteiger charge is 2.52. The van der Waals surface area contributed by atoms with Crippen LogP contribution in [0.3, 0.4) is 0 Å². The maximum Gasteiger partial charge on any atom is 0.306 e. The summed E-state index contributed by atoms with van der Waals surface area (Å²) in [5.41, 5.74) is 1.74. The van der Waals surface area contributed by atoms with E-state index in [1.165, 1.54) is 0 Å². The summed E-state index contributed by atoms with van der Waals surface area (Å²) in [7, 11) is -3.76. The van der Waals surface area contributed by atoms with Crippen LogP contribution in [0.15, 0.2) is 40.9 Å². The maximum absolute atomic E-state index is 13.2. The van der Waals surface area contributed by atoms with Crippen LogP contribution in [0.25, 0.3) is 10.9 Å². The van der Waals surface area contributed by atoms with Crippen molar-refractivity contribution < 1.29 is 21.9 Å². The number of anilines is 1. The number of rotatable bonds is 7. The molecule has 0 N–H and O–H groups in total. The van der Waals surface area contributed by atoms with Gasteiger partial charge in [0.1, 0.15) is 11.3 Å². The minimum absolute atomic E-state index is 0.0721. The molecule has 2 aromatic carbocycles. The molecule has 1 aromatic heterocycles. The van der Waals surface area contributed by atoms with Gasteiger partial charge in [-0.05, 0) is 70.3 Å². The van der Waals surface area contributed by atoms with Crippen LogP contribution in [0.1, 0.15) is 50.8 Å². The first kappa shape index (κ1) is 25.7. The Balaban J connectivity index is 1.28. The molecule has 1 saturated heterocycles. The second-order valence-corrected chi connectivity index (χ2v) is 12.9. The van der Waals surface area contributed by atoms with Crippen LogP contribution in [0, 0.1) is 0 Å². The molecule has 8 nitrogen and oxygen atoms in total. The molecule has 1 fully saturated rings. The van der Waals surface area contributed by atoms with Gasteiger partial charge in [0.15, 0.2) is 5.78 Å². The number of benzene rings is 2. The molecule has 198 valence electrons. The Kier molecular flexibility index (Phi) is 6.35. The van der Waals surface area contributed by atoms with Crippen molar-refractivity contribution in [3.63, 3.8) is 0 Å². The smallest absolute Gasteiger partial charge is 0.306 e. The summed E-state index contributed by atoms with van der Waals surface area (Å²) in [5.74, 6) is 1.24. The Morgan fingerprint density at radius 3 is 2.41 bits per heavy atom. The van der Waals surface area contributed by atoms with E-state index in [2.05, 4.69) is 15.0 Å². The zero-order valence-corrected chi connectivity index (χ0v) is 23.0. The van der Waals surface area contributed by atoms with Gasteiger partial charge >= 0.3 is 10.1 Å². The minimum Gasteiger partial charge on any atom is -0.382 e. The number of carbonyl (C=O) groups is 1. The van der Waals surface area contributed by atoms with Crippen molar-refractivity contribution in [2.75, 3.05) is 43.9 Å². The van der Waals surface area contributed by atoms with Crippen LogP contribution >= 0.6 is 0 Å². The van der Waals surface area contributed by atoms with Crippen LogP contribution in [0.2, 0.25) is 0 Å². The molecular weight excluding hydrogens is 490 g/mol. The fraction of sp³-hybridized carbons (Fsp3) is 0.500. The van der Waals surface area contributed by atoms with Gasteiger partial charge in [-0.2, -0.15) is 8.42 Å². The van der Waals surface area contributed by atoms with Gasteiger partial charge in [-0.1, -0.05) is 29.4 Å². The number of hydrogen-bond acceptors (Lipinski definition) is 8. The zero-order chi connectivity index (χ0) is 26.6. The molecule has 0 saturated carbocycles. The first-order chi connectivity index (χ1) is 17.4. The molecule has 0 bridgehead atoms. The van der Waals surface area contributed by atoms with Crippen molar-refractivity contribution in [1.29, 1.82) is 0 Å². The molecule has 2 heterocycles. The average Bonchev–Trinajstić information content (AvgIpc) is 3.32. The van der Waals surface area contributed by atoms with Crippen LogP contribution in [0.5, 0.6) is 5.75 Å². The molecule has 1 aliphatic heterocycles. The summed E-state index contributed by atoms with van der Waals surface area (Å²) < 4.78 is 35.6. The number of aromatic nitrogens is 1. The highest BCUT2D eigenvalue weighted by atomic mass is 32.2. The van der Waals surface area contributed by atoms with Gasteiger partial charge < -0.3 is 13.6 Å².